The van der Waals surface area contributed by atoms with Gasteiger partial charge in [-0.25, -0.2) is 4.79 Å². The summed E-state index contributed by atoms with van der Waals surface area (Å²) in [7, 11) is 2.82. The SMILES string of the molecule is Cc1c(/N=C(/Oc2cccc(OC(F)(F)F)c2)C(C)C)n(C)c(=O)n(C)c1=O. The molecule has 28 heavy (non-hydrogen) atoms. The monoisotopic (exact) mass is 399 g/mol. The van der Waals surface area contributed by atoms with Crippen LogP contribution in [-0.2, 0) is 14.1 Å². The van der Waals surface area contributed by atoms with E-state index in [2.05, 4.69) is 9.73 Å². The summed E-state index contributed by atoms with van der Waals surface area (Å²) in [5, 5.41) is 0. The van der Waals surface area contributed by atoms with Crippen LogP contribution in [-0.4, -0.2) is 21.4 Å². The minimum absolute atomic E-state index is 0.0701. The van der Waals surface area contributed by atoms with Crippen molar-refractivity contribution in [2.75, 3.05) is 0 Å². The Hall–Kier alpha value is -3.04. The zero-order valence-corrected chi connectivity index (χ0v) is 16.0. The smallest absolute Gasteiger partial charge is 0.443 e. The highest BCUT2D eigenvalue weighted by Gasteiger charge is 2.31. The number of aliphatic imine (C=N–C) groups is 1. The molecule has 0 aliphatic carbocycles. The van der Waals surface area contributed by atoms with Gasteiger partial charge in [0.25, 0.3) is 5.56 Å². The standard InChI is InChI=1S/C18H20F3N3O4/c1-10(2)15(22-14-11(3)16(25)24(5)17(26)23(14)4)27-12-7-6-8-13(9-12)28-18(19,20)21/h6-10H,1-5H3/b22-15+. The van der Waals surface area contributed by atoms with Crippen LogP contribution >= 0.6 is 0 Å². The van der Waals surface area contributed by atoms with E-state index in [9.17, 15) is 22.8 Å². The van der Waals surface area contributed by atoms with Gasteiger partial charge in [-0.15, -0.1) is 13.2 Å². The van der Waals surface area contributed by atoms with Crippen molar-refractivity contribution >= 4 is 11.7 Å². The van der Waals surface area contributed by atoms with Crippen molar-refractivity contribution in [2.45, 2.75) is 27.1 Å². The van der Waals surface area contributed by atoms with Gasteiger partial charge in [-0.2, -0.15) is 4.99 Å². The predicted molar refractivity (Wildman–Crippen MR) is 97.3 cm³/mol. The molecule has 1 aromatic carbocycles. The zero-order valence-electron chi connectivity index (χ0n) is 16.0. The maximum Gasteiger partial charge on any atom is 0.573 e. The molecule has 0 spiro atoms. The van der Waals surface area contributed by atoms with E-state index in [1.54, 1.807) is 13.8 Å². The molecule has 0 saturated heterocycles. The van der Waals surface area contributed by atoms with Crippen molar-refractivity contribution in [2.24, 2.45) is 25.0 Å². The van der Waals surface area contributed by atoms with E-state index < -0.39 is 23.4 Å². The van der Waals surface area contributed by atoms with Crippen molar-refractivity contribution < 1.29 is 22.6 Å². The summed E-state index contributed by atoms with van der Waals surface area (Å²) in [6.45, 7) is 5.03. The summed E-state index contributed by atoms with van der Waals surface area (Å²) >= 11 is 0. The quantitative estimate of drug-likeness (QED) is 0.585. The Morgan fingerprint density at radius 1 is 1.11 bits per heavy atom. The fraction of sp³-hybridized carbons (Fsp3) is 0.389. The predicted octanol–water partition coefficient (Wildman–Crippen LogP) is 3.06. The van der Waals surface area contributed by atoms with Crippen LogP contribution in [0.25, 0.3) is 0 Å². The van der Waals surface area contributed by atoms with Crippen LogP contribution in [0.2, 0.25) is 0 Å². The summed E-state index contributed by atoms with van der Waals surface area (Å²) < 4.78 is 48.9. The molecule has 0 N–H and O–H groups in total. The molecule has 0 bridgehead atoms. The van der Waals surface area contributed by atoms with Crippen LogP contribution in [0.4, 0.5) is 19.0 Å². The molecule has 152 valence electrons. The summed E-state index contributed by atoms with van der Waals surface area (Å²) in [6, 6.07) is 4.99. The van der Waals surface area contributed by atoms with E-state index >= 15 is 0 Å². The maximum absolute atomic E-state index is 12.4. The summed E-state index contributed by atoms with van der Waals surface area (Å²) in [5.41, 5.74) is -0.816. The average Bonchev–Trinajstić information content (AvgIpc) is 2.59. The van der Waals surface area contributed by atoms with Crippen LogP contribution in [0, 0.1) is 12.8 Å². The van der Waals surface area contributed by atoms with Gasteiger partial charge in [0.05, 0.1) is 5.56 Å². The molecule has 2 aromatic rings. The lowest BCUT2D eigenvalue weighted by Gasteiger charge is -2.15. The lowest BCUT2D eigenvalue weighted by Crippen LogP contribution is -2.38. The number of hydrogen-bond donors (Lipinski definition) is 0. The van der Waals surface area contributed by atoms with Crippen molar-refractivity contribution in [3.8, 4) is 11.5 Å². The van der Waals surface area contributed by atoms with Gasteiger partial charge in [0, 0.05) is 26.1 Å². The molecule has 0 unspecified atom stereocenters. The van der Waals surface area contributed by atoms with E-state index in [0.717, 1.165) is 16.7 Å². The number of alkyl halides is 3. The lowest BCUT2D eigenvalue weighted by atomic mass is 10.2. The van der Waals surface area contributed by atoms with Crippen molar-refractivity contribution in [1.82, 2.24) is 9.13 Å². The molecule has 0 aliphatic rings. The van der Waals surface area contributed by atoms with Gasteiger partial charge in [-0.05, 0) is 19.1 Å². The van der Waals surface area contributed by atoms with Gasteiger partial charge in [0.1, 0.15) is 17.3 Å². The van der Waals surface area contributed by atoms with Gasteiger partial charge in [0.2, 0.25) is 0 Å². The third kappa shape index (κ3) is 4.81. The van der Waals surface area contributed by atoms with Crippen molar-refractivity contribution in [3.63, 3.8) is 0 Å². The van der Waals surface area contributed by atoms with Crippen molar-refractivity contribution in [1.29, 1.82) is 0 Å². The Balaban J connectivity index is 2.48. The van der Waals surface area contributed by atoms with E-state index in [0.29, 0.717) is 0 Å². The van der Waals surface area contributed by atoms with E-state index in [1.165, 1.54) is 37.7 Å². The van der Waals surface area contributed by atoms with Crippen molar-refractivity contribution in [3.05, 3.63) is 50.7 Å². The first-order chi connectivity index (χ1) is 12.9. The van der Waals surface area contributed by atoms with Gasteiger partial charge in [-0.3, -0.25) is 13.9 Å². The normalized spacial score (nSPS) is 12.4. The molecule has 1 heterocycles. The minimum atomic E-state index is -4.83. The second-order valence-electron chi connectivity index (χ2n) is 6.38. The van der Waals surface area contributed by atoms with Gasteiger partial charge < -0.3 is 9.47 Å². The molecule has 0 amide bonds. The van der Waals surface area contributed by atoms with Gasteiger partial charge in [-0.1, -0.05) is 19.9 Å². The maximum atomic E-state index is 12.4. The molecule has 0 saturated carbocycles. The molecule has 0 atom stereocenters. The fourth-order valence-corrected chi connectivity index (χ4v) is 2.39. The lowest BCUT2D eigenvalue weighted by molar-refractivity contribution is -0.274. The molecule has 2 rings (SSSR count). The molecule has 1 aromatic heterocycles. The van der Waals surface area contributed by atoms with Crippen LogP contribution in [0.5, 0.6) is 11.5 Å². The summed E-state index contributed by atoms with van der Waals surface area (Å²) in [6.07, 6.45) is -4.83. The third-order valence-corrected chi connectivity index (χ3v) is 3.82. The molecule has 0 radical (unpaired) electrons. The number of halogens is 3. The number of ether oxygens (including phenoxy) is 2. The van der Waals surface area contributed by atoms with Gasteiger partial charge >= 0.3 is 12.1 Å². The number of aromatic nitrogens is 2. The summed E-state index contributed by atoms with van der Waals surface area (Å²) in [5.74, 6) is -0.424. The second kappa shape index (κ2) is 7.91. The summed E-state index contributed by atoms with van der Waals surface area (Å²) in [4.78, 5) is 28.6. The fourth-order valence-electron chi connectivity index (χ4n) is 2.39. The number of rotatable bonds is 4. The first-order valence-corrected chi connectivity index (χ1v) is 8.29. The Bertz CT molecular complexity index is 983. The molecule has 7 nitrogen and oxygen atoms in total. The Morgan fingerprint density at radius 3 is 2.29 bits per heavy atom. The topological polar surface area (TPSA) is 74.8 Å². The van der Waals surface area contributed by atoms with E-state index in [-0.39, 0.29) is 28.9 Å². The van der Waals surface area contributed by atoms with E-state index in [4.69, 9.17) is 4.74 Å². The highest BCUT2D eigenvalue weighted by atomic mass is 19.4. The Labute approximate surface area is 158 Å². The Kier molecular flexibility index (Phi) is 6.01. The van der Waals surface area contributed by atoms with Crippen LogP contribution in [0.15, 0.2) is 38.8 Å². The van der Waals surface area contributed by atoms with Gasteiger partial charge in [0.15, 0.2) is 5.90 Å². The largest absolute Gasteiger partial charge is 0.573 e. The van der Waals surface area contributed by atoms with Crippen LogP contribution < -0.4 is 20.7 Å². The zero-order chi connectivity index (χ0) is 21.2. The highest BCUT2D eigenvalue weighted by molar-refractivity contribution is 5.83. The Morgan fingerprint density at radius 2 is 1.71 bits per heavy atom. The number of nitrogens with zero attached hydrogens (tertiary/aromatic N) is 3. The first-order valence-electron chi connectivity index (χ1n) is 8.29. The molecular weight excluding hydrogens is 379 g/mol. The molecule has 0 aliphatic heterocycles. The van der Waals surface area contributed by atoms with Crippen LogP contribution in [0.3, 0.4) is 0 Å². The highest BCUT2D eigenvalue weighted by Crippen LogP contribution is 2.27. The second-order valence-corrected chi connectivity index (χ2v) is 6.38. The van der Waals surface area contributed by atoms with E-state index in [1.807, 2.05) is 0 Å². The number of hydrogen-bond acceptors (Lipinski definition) is 5. The van der Waals surface area contributed by atoms with Crippen LogP contribution in [0.1, 0.15) is 19.4 Å². The molecule has 10 heteroatoms. The number of benzene rings is 1. The first kappa shape index (κ1) is 21.3. The third-order valence-electron chi connectivity index (χ3n) is 3.82. The molecule has 0 fully saturated rings. The minimum Gasteiger partial charge on any atom is -0.443 e. The average molecular weight is 399 g/mol. The molecular formula is C18H20F3N3O4.